The Kier molecular flexibility index (Phi) is 4.78. The van der Waals surface area contributed by atoms with Gasteiger partial charge in [-0.25, -0.2) is 0 Å². The summed E-state index contributed by atoms with van der Waals surface area (Å²) >= 11 is 0. The topological polar surface area (TPSA) is 75.4 Å². The van der Waals surface area contributed by atoms with Crippen LogP contribution in [0.5, 0.6) is 0 Å². The maximum absolute atomic E-state index is 12.7. The Morgan fingerprint density at radius 2 is 1.96 bits per heavy atom. The Morgan fingerprint density at radius 1 is 1.15 bits per heavy atom. The van der Waals surface area contributed by atoms with E-state index < -0.39 is 0 Å². The molecule has 1 saturated heterocycles. The summed E-state index contributed by atoms with van der Waals surface area (Å²) in [6.07, 6.45) is 6.71. The van der Waals surface area contributed by atoms with Crippen LogP contribution in [0.1, 0.15) is 64.1 Å². The number of hydrogen-bond acceptors (Lipinski definition) is 5. The van der Waals surface area contributed by atoms with E-state index in [4.69, 9.17) is 5.10 Å². The van der Waals surface area contributed by atoms with Crippen LogP contribution in [-0.4, -0.2) is 44.8 Å². The minimum atomic E-state index is 0.0485. The molecule has 1 amide bonds. The van der Waals surface area contributed by atoms with Crippen molar-refractivity contribution in [2.45, 2.75) is 64.3 Å². The third-order valence-electron chi connectivity index (χ3n) is 5.61. The lowest BCUT2D eigenvalue weighted by Gasteiger charge is -2.33. The fourth-order valence-electron chi connectivity index (χ4n) is 4.11. The van der Waals surface area contributed by atoms with Crippen molar-refractivity contribution >= 4 is 17.4 Å². The standard InChI is InChI=1S/C19H28N6O/c1-13(2)18-22-21-16-9-10-17(23-25(16)18)24-11-5-6-14(12-24)19(26)20-15-7-3-4-8-15/h9-10,13-15H,3-8,11-12H2,1-2H3,(H,20,26)/t14-/m1/s1. The van der Waals surface area contributed by atoms with Crippen LogP contribution in [0.4, 0.5) is 5.82 Å². The van der Waals surface area contributed by atoms with Gasteiger partial charge in [0.1, 0.15) is 5.82 Å². The van der Waals surface area contributed by atoms with Crippen LogP contribution in [0.3, 0.4) is 0 Å². The molecule has 0 aromatic carbocycles. The molecule has 0 radical (unpaired) electrons. The second kappa shape index (κ2) is 7.21. The number of carbonyl (C=O) groups is 1. The lowest BCUT2D eigenvalue weighted by atomic mass is 9.96. The smallest absolute Gasteiger partial charge is 0.225 e. The van der Waals surface area contributed by atoms with Crippen LogP contribution in [0, 0.1) is 5.92 Å². The Bertz CT molecular complexity index is 779. The first-order valence-corrected chi connectivity index (χ1v) is 9.89. The van der Waals surface area contributed by atoms with Crippen molar-refractivity contribution in [3.8, 4) is 0 Å². The third kappa shape index (κ3) is 3.39. The summed E-state index contributed by atoms with van der Waals surface area (Å²) in [5.74, 6) is 2.30. The van der Waals surface area contributed by atoms with Crippen molar-refractivity contribution in [1.29, 1.82) is 0 Å². The minimum absolute atomic E-state index is 0.0485. The SMILES string of the molecule is CC(C)c1nnc2ccc(N3CCC[C@@H](C(=O)NC4CCCC4)C3)nn12. The Morgan fingerprint density at radius 3 is 2.73 bits per heavy atom. The highest BCUT2D eigenvalue weighted by molar-refractivity contribution is 5.79. The summed E-state index contributed by atoms with van der Waals surface area (Å²) in [4.78, 5) is 14.9. The Hall–Kier alpha value is -2.18. The molecule has 4 rings (SSSR count). The molecule has 1 atom stereocenters. The molecule has 1 aliphatic carbocycles. The third-order valence-corrected chi connectivity index (χ3v) is 5.61. The number of piperidine rings is 1. The van der Waals surface area contributed by atoms with E-state index in [2.05, 4.69) is 34.3 Å². The molecule has 3 heterocycles. The van der Waals surface area contributed by atoms with Crippen LogP contribution in [-0.2, 0) is 4.79 Å². The molecule has 1 aliphatic heterocycles. The molecule has 0 unspecified atom stereocenters. The maximum atomic E-state index is 12.7. The quantitative estimate of drug-likeness (QED) is 0.911. The van der Waals surface area contributed by atoms with Gasteiger partial charge in [0.25, 0.3) is 0 Å². The van der Waals surface area contributed by atoms with E-state index in [1.165, 1.54) is 12.8 Å². The van der Waals surface area contributed by atoms with Crippen molar-refractivity contribution in [2.75, 3.05) is 18.0 Å². The number of hydrogen-bond donors (Lipinski definition) is 1. The summed E-state index contributed by atoms with van der Waals surface area (Å²) in [5, 5.41) is 16.5. The zero-order valence-corrected chi connectivity index (χ0v) is 15.7. The number of aromatic nitrogens is 4. The van der Waals surface area contributed by atoms with E-state index >= 15 is 0 Å². The van der Waals surface area contributed by atoms with Gasteiger partial charge >= 0.3 is 0 Å². The van der Waals surface area contributed by atoms with E-state index in [-0.39, 0.29) is 17.7 Å². The second-order valence-electron chi connectivity index (χ2n) is 7.95. The predicted molar refractivity (Wildman–Crippen MR) is 100 cm³/mol. The van der Waals surface area contributed by atoms with E-state index in [9.17, 15) is 4.79 Å². The first kappa shape index (κ1) is 17.2. The molecule has 7 heteroatoms. The van der Waals surface area contributed by atoms with Gasteiger partial charge in [-0.1, -0.05) is 26.7 Å². The van der Waals surface area contributed by atoms with Gasteiger partial charge in [-0.05, 0) is 37.8 Å². The first-order chi connectivity index (χ1) is 12.6. The Labute approximate surface area is 154 Å². The Balaban J connectivity index is 1.49. The molecule has 7 nitrogen and oxygen atoms in total. The number of anilines is 1. The fourth-order valence-corrected chi connectivity index (χ4v) is 4.11. The van der Waals surface area contributed by atoms with Crippen LogP contribution < -0.4 is 10.2 Å². The highest BCUT2D eigenvalue weighted by Gasteiger charge is 2.29. The zero-order chi connectivity index (χ0) is 18.1. The van der Waals surface area contributed by atoms with E-state index in [1.54, 1.807) is 0 Å². The summed E-state index contributed by atoms with van der Waals surface area (Å²) in [6, 6.07) is 4.34. The number of nitrogens with zero attached hydrogens (tertiary/aromatic N) is 5. The molecule has 0 bridgehead atoms. The average molecular weight is 356 g/mol. The number of carbonyl (C=O) groups excluding carboxylic acids is 1. The summed E-state index contributed by atoms with van der Waals surface area (Å²) in [5.41, 5.74) is 0.769. The molecule has 2 fully saturated rings. The molecule has 0 spiro atoms. The van der Waals surface area contributed by atoms with Gasteiger partial charge in [0.15, 0.2) is 11.5 Å². The maximum Gasteiger partial charge on any atom is 0.225 e. The van der Waals surface area contributed by atoms with Crippen molar-refractivity contribution in [3.05, 3.63) is 18.0 Å². The van der Waals surface area contributed by atoms with Gasteiger partial charge < -0.3 is 10.2 Å². The summed E-state index contributed by atoms with van der Waals surface area (Å²) < 4.78 is 1.84. The van der Waals surface area contributed by atoms with Gasteiger partial charge in [0, 0.05) is 25.0 Å². The number of amides is 1. The van der Waals surface area contributed by atoms with Crippen LogP contribution in [0.15, 0.2) is 12.1 Å². The minimum Gasteiger partial charge on any atom is -0.354 e. The van der Waals surface area contributed by atoms with Crippen molar-refractivity contribution in [1.82, 2.24) is 25.1 Å². The molecule has 1 N–H and O–H groups in total. The van der Waals surface area contributed by atoms with Gasteiger partial charge in [-0.15, -0.1) is 15.3 Å². The molecular weight excluding hydrogens is 328 g/mol. The van der Waals surface area contributed by atoms with Crippen LogP contribution >= 0.6 is 0 Å². The molecule has 2 aromatic rings. The van der Waals surface area contributed by atoms with Crippen molar-refractivity contribution in [3.63, 3.8) is 0 Å². The monoisotopic (exact) mass is 356 g/mol. The number of nitrogens with one attached hydrogen (secondary N) is 1. The zero-order valence-electron chi connectivity index (χ0n) is 15.7. The lowest BCUT2D eigenvalue weighted by Crippen LogP contribution is -2.45. The average Bonchev–Trinajstić information content (AvgIpc) is 3.30. The summed E-state index contributed by atoms with van der Waals surface area (Å²) in [7, 11) is 0. The molecule has 140 valence electrons. The predicted octanol–water partition coefficient (Wildman–Crippen LogP) is 2.52. The van der Waals surface area contributed by atoms with E-state index in [0.717, 1.165) is 56.1 Å². The van der Waals surface area contributed by atoms with Gasteiger partial charge in [-0.3, -0.25) is 4.79 Å². The van der Waals surface area contributed by atoms with Crippen LogP contribution in [0.25, 0.3) is 5.65 Å². The summed E-state index contributed by atoms with van der Waals surface area (Å²) in [6.45, 7) is 5.85. The van der Waals surface area contributed by atoms with Gasteiger partial charge in [0.05, 0.1) is 5.92 Å². The van der Waals surface area contributed by atoms with Crippen molar-refractivity contribution in [2.24, 2.45) is 5.92 Å². The van der Waals surface area contributed by atoms with Crippen LogP contribution in [0.2, 0.25) is 0 Å². The first-order valence-electron chi connectivity index (χ1n) is 9.89. The van der Waals surface area contributed by atoms with Gasteiger partial charge in [0.2, 0.25) is 5.91 Å². The van der Waals surface area contributed by atoms with Gasteiger partial charge in [-0.2, -0.15) is 4.52 Å². The number of fused-ring (bicyclic) bond motifs is 1. The van der Waals surface area contributed by atoms with Crippen molar-refractivity contribution < 1.29 is 4.79 Å². The lowest BCUT2D eigenvalue weighted by molar-refractivity contribution is -0.125. The fraction of sp³-hybridized carbons (Fsp3) is 0.684. The highest BCUT2D eigenvalue weighted by Crippen LogP contribution is 2.24. The van der Waals surface area contributed by atoms with E-state index in [0.29, 0.717) is 6.04 Å². The largest absolute Gasteiger partial charge is 0.354 e. The highest BCUT2D eigenvalue weighted by atomic mass is 16.2. The van der Waals surface area contributed by atoms with E-state index in [1.807, 2.05) is 16.6 Å². The molecule has 26 heavy (non-hydrogen) atoms. The second-order valence-corrected chi connectivity index (χ2v) is 7.95. The molecule has 2 aromatic heterocycles. The normalized spacial score (nSPS) is 21.7. The molecule has 2 aliphatic rings. The molecular formula is C19H28N6O. The molecule has 1 saturated carbocycles. The number of rotatable bonds is 4.